The largest absolute Gasteiger partial charge is 0.334 e. The second-order valence-electron chi connectivity index (χ2n) is 6.96. The topological polar surface area (TPSA) is 101 Å². The SMILES string of the molecule is CC(C)=CCN1CCN(C(=O)Cn2nnnc2C)[C@H]2CS(=O)(=O)C[C@H]21. The van der Waals surface area contributed by atoms with Gasteiger partial charge in [0.2, 0.25) is 5.91 Å². The fourth-order valence-electron chi connectivity index (χ4n) is 3.48. The summed E-state index contributed by atoms with van der Waals surface area (Å²) in [5.74, 6) is 0.571. The number of nitrogens with zero attached hydrogens (tertiary/aromatic N) is 6. The highest BCUT2D eigenvalue weighted by molar-refractivity contribution is 7.91. The Hall–Kier alpha value is -1.81. The third-order valence-corrected chi connectivity index (χ3v) is 6.54. The predicted octanol–water partition coefficient (Wildman–Crippen LogP) is -0.742. The molecule has 3 rings (SSSR count). The maximum atomic E-state index is 12.7. The van der Waals surface area contributed by atoms with Gasteiger partial charge in [-0.1, -0.05) is 11.6 Å². The number of aryl methyl sites for hydroxylation is 1. The van der Waals surface area contributed by atoms with E-state index in [1.165, 1.54) is 10.3 Å². The molecule has 2 aliphatic rings. The van der Waals surface area contributed by atoms with Crippen molar-refractivity contribution in [3.8, 4) is 0 Å². The van der Waals surface area contributed by atoms with E-state index in [9.17, 15) is 13.2 Å². The molecule has 0 bridgehead atoms. The van der Waals surface area contributed by atoms with Gasteiger partial charge in [0.1, 0.15) is 12.4 Å². The zero-order chi connectivity index (χ0) is 18.2. The van der Waals surface area contributed by atoms with Crippen molar-refractivity contribution in [2.45, 2.75) is 39.4 Å². The van der Waals surface area contributed by atoms with Crippen molar-refractivity contribution < 1.29 is 13.2 Å². The van der Waals surface area contributed by atoms with Crippen LogP contribution in [0.3, 0.4) is 0 Å². The van der Waals surface area contributed by atoms with Crippen molar-refractivity contribution in [1.29, 1.82) is 0 Å². The van der Waals surface area contributed by atoms with Crippen LogP contribution < -0.4 is 0 Å². The van der Waals surface area contributed by atoms with E-state index < -0.39 is 9.84 Å². The molecular weight excluding hydrogens is 344 g/mol. The van der Waals surface area contributed by atoms with Crippen LogP contribution >= 0.6 is 0 Å². The first kappa shape index (κ1) is 18.0. The van der Waals surface area contributed by atoms with Gasteiger partial charge in [-0.3, -0.25) is 9.69 Å². The van der Waals surface area contributed by atoms with Crippen LogP contribution in [0.15, 0.2) is 11.6 Å². The number of sulfone groups is 1. The fraction of sp³-hybridized carbons (Fsp3) is 0.733. The monoisotopic (exact) mass is 368 g/mol. The van der Waals surface area contributed by atoms with Crippen LogP contribution in [-0.2, 0) is 21.2 Å². The minimum atomic E-state index is -3.14. The fourth-order valence-corrected chi connectivity index (χ4v) is 5.49. The number of aromatic nitrogens is 4. The Morgan fingerprint density at radius 2 is 1.96 bits per heavy atom. The minimum Gasteiger partial charge on any atom is -0.334 e. The molecule has 3 heterocycles. The van der Waals surface area contributed by atoms with E-state index in [-0.39, 0.29) is 36.0 Å². The van der Waals surface area contributed by atoms with Gasteiger partial charge in [0.05, 0.1) is 17.5 Å². The quantitative estimate of drug-likeness (QED) is 0.645. The third kappa shape index (κ3) is 3.90. The lowest BCUT2D eigenvalue weighted by Crippen LogP contribution is -2.61. The van der Waals surface area contributed by atoms with Crippen molar-refractivity contribution in [2.75, 3.05) is 31.1 Å². The summed E-state index contributed by atoms with van der Waals surface area (Å²) in [5, 5.41) is 11.1. The van der Waals surface area contributed by atoms with Gasteiger partial charge in [-0.2, -0.15) is 0 Å². The molecular formula is C15H24N6O3S. The molecule has 2 aliphatic heterocycles. The Kier molecular flexibility index (Phi) is 4.92. The van der Waals surface area contributed by atoms with E-state index in [4.69, 9.17) is 0 Å². The van der Waals surface area contributed by atoms with Crippen LogP contribution in [0.5, 0.6) is 0 Å². The Labute approximate surface area is 147 Å². The van der Waals surface area contributed by atoms with Crippen LogP contribution in [-0.4, -0.2) is 87.6 Å². The van der Waals surface area contributed by atoms with Crippen molar-refractivity contribution in [3.63, 3.8) is 0 Å². The molecule has 0 unspecified atom stereocenters. The number of allylic oxidation sites excluding steroid dienone is 1. The average Bonchev–Trinajstić information content (AvgIpc) is 3.06. The third-order valence-electron chi connectivity index (χ3n) is 4.84. The first-order valence-corrected chi connectivity index (χ1v) is 10.2. The number of hydrogen-bond acceptors (Lipinski definition) is 7. The molecule has 0 saturated carbocycles. The highest BCUT2D eigenvalue weighted by atomic mass is 32.2. The second kappa shape index (κ2) is 6.83. The van der Waals surface area contributed by atoms with E-state index >= 15 is 0 Å². The molecule has 2 saturated heterocycles. The van der Waals surface area contributed by atoms with Gasteiger partial charge >= 0.3 is 0 Å². The molecule has 2 fully saturated rings. The summed E-state index contributed by atoms with van der Waals surface area (Å²) in [6.07, 6.45) is 2.10. The number of piperazine rings is 1. The molecule has 1 aromatic heterocycles. The summed E-state index contributed by atoms with van der Waals surface area (Å²) in [5.41, 5.74) is 1.20. The lowest BCUT2D eigenvalue weighted by atomic mass is 10.0. The molecule has 0 aromatic carbocycles. The number of carbonyl (C=O) groups is 1. The zero-order valence-electron chi connectivity index (χ0n) is 14.8. The first-order valence-electron chi connectivity index (χ1n) is 8.37. The molecule has 10 heteroatoms. The van der Waals surface area contributed by atoms with Crippen molar-refractivity contribution in [3.05, 3.63) is 17.5 Å². The maximum absolute atomic E-state index is 12.7. The highest BCUT2D eigenvalue weighted by Crippen LogP contribution is 2.27. The standard InChI is InChI=1S/C15H24N6O3S/c1-11(2)4-5-19-6-7-20(14-10-25(23,24)9-13(14)19)15(22)8-21-12(3)16-17-18-21/h4,13-14H,5-10H2,1-3H3/t13-,14+/m1/s1. The summed E-state index contributed by atoms with van der Waals surface area (Å²) in [6.45, 7) is 7.72. The molecule has 0 radical (unpaired) electrons. The van der Waals surface area contributed by atoms with E-state index in [1.807, 2.05) is 13.8 Å². The summed E-state index contributed by atoms with van der Waals surface area (Å²) in [7, 11) is -3.14. The molecule has 0 N–H and O–H groups in total. The zero-order valence-corrected chi connectivity index (χ0v) is 15.6. The van der Waals surface area contributed by atoms with Crippen LogP contribution in [0.25, 0.3) is 0 Å². The van der Waals surface area contributed by atoms with Crippen molar-refractivity contribution in [2.24, 2.45) is 0 Å². The number of amides is 1. The lowest BCUT2D eigenvalue weighted by molar-refractivity contribution is -0.137. The Morgan fingerprint density at radius 1 is 1.24 bits per heavy atom. The van der Waals surface area contributed by atoms with Gasteiger partial charge in [-0.05, 0) is 31.2 Å². The second-order valence-corrected chi connectivity index (χ2v) is 9.11. The van der Waals surface area contributed by atoms with Gasteiger partial charge in [0.25, 0.3) is 0 Å². The molecule has 1 amide bonds. The van der Waals surface area contributed by atoms with E-state index in [0.717, 1.165) is 0 Å². The van der Waals surface area contributed by atoms with Gasteiger partial charge in [0, 0.05) is 25.7 Å². The Bertz CT molecular complexity index is 783. The van der Waals surface area contributed by atoms with Crippen molar-refractivity contribution in [1.82, 2.24) is 30.0 Å². The van der Waals surface area contributed by atoms with Gasteiger partial charge in [0.15, 0.2) is 9.84 Å². The summed E-state index contributed by atoms with van der Waals surface area (Å²) in [6, 6.07) is -0.443. The number of tetrazole rings is 1. The maximum Gasteiger partial charge on any atom is 0.244 e. The molecule has 9 nitrogen and oxygen atoms in total. The van der Waals surface area contributed by atoms with Crippen LogP contribution in [0.2, 0.25) is 0 Å². The number of fused-ring (bicyclic) bond motifs is 1. The smallest absolute Gasteiger partial charge is 0.244 e. The molecule has 138 valence electrons. The van der Waals surface area contributed by atoms with Crippen LogP contribution in [0, 0.1) is 6.92 Å². The number of carbonyl (C=O) groups excluding carboxylic acids is 1. The van der Waals surface area contributed by atoms with E-state index in [0.29, 0.717) is 25.5 Å². The predicted molar refractivity (Wildman–Crippen MR) is 91.5 cm³/mol. The minimum absolute atomic E-state index is 0.0311. The average molecular weight is 368 g/mol. The molecule has 0 aliphatic carbocycles. The number of hydrogen-bond donors (Lipinski definition) is 0. The molecule has 1 aromatic rings. The van der Waals surface area contributed by atoms with Crippen molar-refractivity contribution >= 4 is 15.7 Å². The highest BCUT2D eigenvalue weighted by Gasteiger charge is 2.47. The summed E-state index contributed by atoms with van der Waals surface area (Å²) >= 11 is 0. The molecule has 2 atom stereocenters. The van der Waals surface area contributed by atoms with Gasteiger partial charge in [-0.25, -0.2) is 13.1 Å². The summed E-state index contributed by atoms with van der Waals surface area (Å²) < 4.78 is 25.8. The molecule has 25 heavy (non-hydrogen) atoms. The summed E-state index contributed by atoms with van der Waals surface area (Å²) in [4.78, 5) is 16.6. The van der Waals surface area contributed by atoms with Gasteiger partial charge in [-0.15, -0.1) is 5.10 Å². The van der Waals surface area contributed by atoms with E-state index in [2.05, 4.69) is 26.5 Å². The Morgan fingerprint density at radius 3 is 2.60 bits per heavy atom. The van der Waals surface area contributed by atoms with Crippen LogP contribution in [0.4, 0.5) is 0 Å². The van der Waals surface area contributed by atoms with Crippen LogP contribution in [0.1, 0.15) is 19.7 Å². The van der Waals surface area contributed by atoms with E-state index in [1.54, 1.807) is 11.8 Å². The Balaban J connectivity index is 1.77. The normalized spacial score (nSPS) is 25.6. The lowest BCUT2D eigenvalue weighted by Gasteiger charge is -2.43. The van der Waals surface area contributed by atoms with Gasteiger partial charge < -0.3 is 4.90 Å². The molecule has 0 spiro atoms. The number of rotatable bonds is 4. The first-order chi connectivity index (χ1) is 11.8.